The third kappa shape index (κ3) is 5.25. The van der Waals surface area contributed by atoms with Crippen molar-refractivity contribution in [3.63, 3.8) is 0 Å². The fourth-order valence-corrected chi connectivity index (χ4v) is 1.77. The summed E-state index contributed by atoms with van der Waals surface area (Å²) in [6.07, 6.45) is 0. The first kappa shape index (κ1) is 16.7. The SMILES string of the molecule is CCN(CC)C(=O)COC(=O)c1ccc(NC(C)=O)cc1. The summed E-state index contributed by atoms with van der Waals surface area (Å²) in [6.45, 7) is 6.03. The van der Waals surface area contributed by atoms with Gasteiger partial charge in [-0.2, -0.15) is 0 Å². The molecule has 0 aliphatic rings. The first-order valence-corrected chi connectivity index (χ1v) is 6.80. The van der Waals surface area contributed by atoms with E-state index in [1.54, 1.807) is 17.0 Å². The quantitative estimate of drug-likeness (QED) is 0.809. The third-order valence-corrected chi connectivity index (χ3v) is 2.88. The summed E-state index contributed by atoms with van der Waals surface area (Å²) < 4.78 is 4.98. The second-order valence-corrected chi connectivity index (χ2v) is 4.40. The second-order valence-electron chi connectivity index (χ2n) is 4.40. The smallest absolute Gasteiger partial charge is 0.338 e. The average molecular weight is 292 g/mol. The van der Waals surface area contributed by atoms with Gasteiger partial charge in [0.1, 0.15) is 0 Å². The van der Waals surface area contributed by atoms with Crippen molar-refractivity contribution in [2.45, 2.75) is 20.8 Å². The molecule has 21 heavy (non-hydrogen) atoms. The molecule has 1 N–H and O–H groups in total. The minimum absolute atomic E-state index is 0.185. The van der Waals surface area contributed by atoms with Gasteiger partial charge in [0, 0.05) is 25.7 Å². The highest BCUT2D eigenvalue weighted by atomic mass is 16.5. The van der Waals surface area contributed by atoms with Crippen molar-refractivity contribution >= 4 is 23.5 Å². The zero-order chi connectivity index (χ0) is 15.8. The lowest BCUT2D eigenvalue weighted by Crippen LogP contribution is -2.34. The Morgan fingerprint density at radius 3 is 2.14 bits per heavy atom. The van der Waals surface area contributed by atoms with Gasteiger partial charge in [-0.1, -0.05) is 0 Å². The predicted molar refractivity (Wildman–Crippen MR) is 79.0 cm³/mol. The van der Waals surface area contributed by atoms with Gasteiger partial charge in [-0.3, -0.25) is 9.59 Å². The molecule has 1 aromatic carbocycles. The Bertz CT molecular complexity index is 507. The van der Waals surface area contributed by atoms with Crippen molar-refractivity contribution < 1.29 is 19.1 Å². The van der Waals surface area contributed by atoms with E-state index < -0.39 is 5.97 Å². The predicted octanol–water partition coefficient (Wildman–Crippen LogP) is 1.67. The van der Waals surface area contributed by atoms with Crippen LogP contribution in [-0.4, -0.2) is 42.4 Å². The zero-order valence-corrected chi connectivity index (χ0v) is 12.5. The van der Waals surface area contributed by atoms with Crippen molar-refractivity contribution in [3.05, 3.63) is 29.8 Å². The lowest BCUT2D eigenvalue weighted by Gasteiger charge is -2.18. The number of likely N-dealkylation sites (N-methyl/N-ethyl adjacent to an activating group) is 1. The molecule has 0 spiro atoms. The van der Waals surface area contributed by atoms with Crippen LogP contribution in [0.3, 0.4) is 0 Å². The number of nitrogens with zero attached hydrogens (tertiary/aromatic N) is 1. The molecule has 6 heteroatoms. The number of amides is 2. The number of carbonyl (C=O) groups excluding carboxylic acids is 3. The maximum atomic E-state index is 11.8. The second kappa shape index (κ2) is 8.04. The van der Waals surface area contributed by atoms with Crippen LogP contribution in [0.1, 0.15) is 31.1 Å². The number of anilines is 1. The molecule has 0 saturated carbocycles. The molecule has 0 aromatic heterocycles. The number of carbonyl (C=O) groups is 3. The number of benzene rings is 1. The zero-order valence-electron chi connectivity index (χ0n) is 12.5. The van der Waals surface area contributed by atoms with E-state index in [0.717, 1.165) is 0 Å². The Morgan fingerprint density at radius 1 is 1.10 bits per heavy atom. The summed E-state index contributed by atoms with van der Waals surface area (Å²) in [5.74, 6) is -0.969. The van der Waals surface area contributed by atoms with Gasteiger partial charge >= 0.3 is 5.97 Å². The minimum atomic E-state index is -0.565. The van der Waals surface area contributed by atoms with Crippen LogP contribution in [0.4, 0.5) is 5.69 Å². The largest absolute Gasteiger partial charge is 0.452 e. The van der Waals surface area contributed by atoms with E-state index in [0.29, 0.717) is 24.3 Å². The summed E-state index contributed by atoms with van der Waals surface area (Å²) in [6, 6.07) is 6.28. The Morgan fingerprint density at radius 2 is 1.67 bits per heavy atom. The van der Waals surface area contributed by atoms with Crippen LogP contribution in [0.5, 0.6) is 0 Å². The molecule has 0 aliphatic carbocycles. The van der Waals surface area contributed by atoms with Crippen molar-refractivity contribution in [2.24, 2.45) is 0 Å². The van der Waals surface area contributed by atoms with E-state index in [1.165, 1.54) is 19.1 Å². The molecule has 0 heterocycles. The number of hydrogen-bond donors (Lipinski definition) is 1. The lowest BCUT2D eigenvalue weighted by molar-refractivity contribution is -0.134. The topological polar surface area (TPSA) is 75.7 Å². The molecule has 2 amide bonds. The van der Waals surface area contributed by atoms with Crippen molar-refractivity contribution in [1.29, 1.82) is 0 Å². The fourth-order valence-electron chi connectivity index (χ4n) is 1.77. The number of esters is 1. The van der Waals surface area contributed by atoms with Crippen LogP contribution in [-0.2, 0) is 14.3 Å². The lowest BCUT2D eigenvalue weighted by atomic mass is 10.2. The fraction of sp³-hybridized carbons (Fsp3) is 0.400. The molecule has 6 nitrogen and oxygen atoms in total. The maximum absolute atomic E-state index is 11.8. The van der Waals surface area contributed by atoms with E-state index >= 15 is 0 Å². The van der Waals surface area contributed by atoms with Crippen molar-refractivity contribution in [2.75, 3.05) is 25.0 Å². The summed E-state index contributed by atoms with van der Waals surface area (Å²) in [7, 11) is 0. The molecular formula is C15H20N2O4. The van der Waals surface area contributed by atoms with E-state index in [2.05, 4.69) is 5.32 Å². The van der Waals surface area contributed by atoms with Crippen molar-refractivity contribution in [1.82, 2.24) is 4.90 Å². The molecule has 0 radical (unpaired) electrons. The number of nitrogens with one attached hydrogen (secondary N) is 1. The number of ether oxygens (including phenoxy) is 1. The van der Waals surface area contributed by atoms with Gasteiger partial charge in [0.25, 0.3) is 5.91 Å². The Balaban J connectivity index is 2.56. The standard InChI is InChI=1S/C15H20N2O4/c1-4-17(5-2)14(19)10-21-15(20)12-6-8-13(9-7-12)16-11(3)18/h6-9H,4-5,10H2,1-3H3,(H,16,18). The van der Waals surface area contributed by atoms with Gasteiger partial charge in [-0.05, 0) is 38.1 Å². The molecule has 1 rings (SSSR count). The molecule has 0 saturated heterocycles. The number of hydrogen-bond acceptors (Lipinski definition) is 4. The summed E-state index contributed by atoms with van der Waals surface area (Å²) in [4.78, 5) is 36.0. The van der Waals surface area contributed by atoms with Gasteiger partial charge in [-0.25, -0.2) is 4.79 Å². The minimum Gasteiger partial charge on any atom is -0.452 e. The monoisotopic (exact) mass is 292 g/mol. The summed E-state index contributed by atoms with van der Waals surface area (Å²) >= 11 is 0. The molecule has 0 fully saturated rings. The van der Waals surface area contributed by atoms with Crippen LogP contribution < -0.4 is 5.32 Å². The highest BCUT2D eigenvalue weighted by Gasteiger charge is 2.13. The van der Waals surface area contributed by atoms with Crippen LogP contribution >= 0.6 is 0 Å². The van der Waals surface area contributed by atoms with E-state index in [9.17, 15) is 14.4 Å². The summed E-state index contributed by atoms with van der Waals surface area (Å²) in [5.41, 5.74) is 0.926. The first-order chi connectivity index (χ1) is 9.97. The van der Waals surface area contributed by atoms with Crippen LogP contribution in [0.25, 0.3) is 0 Å². The van der Waals surface area contributed by atoms with E-state index in [4.69, 9.17) is 4.74 Å². The molecule has 114 valence electrons. The van der Waals surface area contributed by atoms with Crippen LogP contribution in [0.15, 0.2) is 24.3 Å². The van der Waals surface area contributed by atoms with Gasteiger partial charge in [0.2, 0.25) is 5.91 Å². The third-order valence-electron chi connectivity index (χ3n) is 2.88. The molecule has 0 bridgehead atoms. The molecule has 1 aromatic rings. The Hall–Kier alpha value is -2.37. The van der Waals surface area contributed by atoms with E-state index in [-0.39, 0.29) is 18.4 Å². The normalized spacial score (nSPS) is 9.86. The Labute approximate surface area is 124 Å². The number of rotatable bonds is 6. The molecular weight excluding hydrogens is 272 g/mol. The van der Waals surface area contributed by atoms with Gasteiger partial charge in [0.15, 0.2) is 6.61 Å². The van der Waals surface area contributed by atoms with Gasteiger partial charge < -0.3 is 15.0 Å². The highest BCUT2D eigenvalue weighted by Crippen LogP contribution is 2.10. The highest BCUT2D eigenvalue weighted by molar-refractivity contribution is 5.93. The average Bonchev–Trinajstić information content (AvgIpc) is 2.46. The van der Waals surface area contributed by atoms with Crippen LogP contribution in [0.2, 0.25) is 0 Å². The van der Waals surface area contributed by atoms with Gasteiger partial charge in [-0.15, -0.1) is 0 Å². The van der Waals surface area contributed by atoms with Crippen LogP contribution in [0, 0.1) is 0 Å². The van der Waals surface area contributed by atoms with Crippen molar-refractivity contribution in [3.8, 4) is 0 Å². The van der Waals surface area contributed by atoms with E-state index in [1.807, 2.05) is 13.8 Å². The molecule has 0 aliphatic heterocycles. The summed E-state index contributed by atoms with van der Waals surface area (Å²) in [5, 5.41) is 2.60. The molecule has 0 atom stereocenters. The maximum Gasteiger partial charge on any atom is 0.338 e. The Kier molecular flexibility index (Phi) is 6.39. The van der Waals surface area contributed by atoms with Gasteiger partial charge in [0.05, 0.1) is 5.56 Å². The first-order valence-electron chi connectivity index (χ1n) is 6.80. The molecule has 0 unspecified atom stereocenters.